The first-order valence-corrected chi connectivity index (χ1v) is 7.30. The number of rotatable bonds is 5. The van der Waals surface area contributed by atoms with Crippen LogP contribution in [0.3, 0.4) is 0 Å². The Kier molecular flexibility index (Phi) is 5.38. The summed E-state index contributed by atoms with van der Waals surface area (Å²) in [6.07, 6.45) is -3.16. The fourth-order valence-corrected chi connectivity index (χ4v) is 1.82. The predicted octanol–water partition coefficient (Wildman–Crippen LogP) is 3.82. The SMILES string of the molecule is CC(C)CNc1cc(C(=O)Nc2ccc(C(F)(F)F)cc2)ncn1. The smallest absolute Gasteiger partial charge is 0.370 e. The van der Waals surface area contributed by atoms with Crippen LogP contribution in [0.1, 0.15) is 29.9 Å². The molecule has 0 bridgehead atoms. The number of nitrogens with zero attached hydrogens (tertiary/aromatic N) is 2. The summed E-state index contributed by atoms with van der Waals surface area (Å²) in [6, 6.07) is 5.69. The van der Waals surface area contributed by atoms with Crippen molar-refractivity contribution in [1.29, 1.82) is 0 Å². The molecule has 0 atom stereocenters. The number of carbonyl (C=O) groups is 1. The van der Waals surface area contributed by atoms with E-state index in [1.807, 2.05) is 13.8 Å². The van der Waals surface area contributed by atoms with Gasteiger partial charge in [0, 0.05) is 18.3 Å². The van der Waals surface area contributed by atoms with Crippen LogP contribution in [0, 0.1) is 5.92 Å². The van der Waals surface area contributed by atoms with E-state index in [-0.39, 0.29) is 11.4 Å². The van der Waals surface area contributed by atoms with Gasteiger partial charge in [0.15, 0.2) is 0 Å². The molecule has 0 saturated heterocycles. The maximum absolute atomic E-state index is 12.5. The van der Waals surface area contributed by atoms with E-state index in [9.17, 15) is 18.0 Å². The predicted molar refractivity (Wildman–Crippen MR) is 84.8 cm³/mol. The lowest BCUT2D eigenvalue weighted by Gasteiger charge is -2.10. The summed E-state index contributed by atoms with van der Waals surface area (Å²) in [4.78, 5) is 20.0. The lowest BCUT2D eigenvalue weighted by atomic mass is 10.2. The highest BCUT2D eigenvalue weighted by Gasteiger charge is 2.30. The van der Waals surface area contributed by atoms with Gasteiger partial charge in [0.25, 0.3) is 5.91 Å². The van der Waals surface area contributed by atoms with E-state index in [0.29, 0.717) is 18.3 Å². The molecule has 2 aromatic rings. The van der Waals surface area contributed by atoms with E-state index in [2.05, 4.69) is 20.6 Å². The van der Waals surface area contributed by atoms with E-state index < -0.39 is 17.6 Å². The summed E-state index contributed by atoms with van der Waals surface area (Å²) >= 11 is 0. The minimum Gasteiger partial charge on any atom is -0.370 e. The van der Waals surface area contributed by atoms with Crippen LogP contribution in [0.25, 0.3) is 0 Å². The zero-order chi connectivity index (χ0) is 17.7. The number of aromatic nitrogens is 2. The van der Waals surface area contributed by atoms with E-state index in [1.165, 1.54) is 24.5 Å². The van der Waals surface area contributed by atoms with Crippen LogP contribution in [-0.2, 0) is 6.18 Å². The first-order chi connectivity index (χ1) is 11.3. The molecule has 5 nitrogen and oxygen atoms in total. The van der Waals surface area contributed by atoms with Crippen molar-refractivity contribution < 1.29 is 18.0 Å². The number of nitrogens with one attached hydrogen (secondary N) is 2. The Balaban J connectivity index is 2.05. The number of anilines is 2. The Morgan fingerprint density at radius 3 is 2.42 bits per heavy atom. The van der Waals surface area contributed by atoms with E-state index >= 15 is 0 Å². The molecular formula is C16H17F3N4O. The number of hydrogen-bond donors (Lipinski definition) is 2. The molecule has 8 heteroatoms. The minimum atomic E-state index is -4.41. The van der Waals surface area contributed by atoms with Crippen molar-refractivity contribution in [2.45, 2.75) is 20.0 Å². The lowest BCUT2D eigenvalue weighted by Crippen LogP contribution is -2.16. The van der Waals surface area contributed by atoms with Crippen molar-refractivity contribution in [1.82, 2.24) is 9.97 Å². The second-order valence-electron chi connectivity index (χ2n) is 5.59. The average molecular weight is 338 g/mol. The van der Waals surface area contributed by atoms with Gasteiger partial charge >= 0.3 is 6.18 Å². The Morgan fingerprint density at radius 1 is 1.17 bits per heavy atom. The van der Waals surface area contributed by atoms with Crippen molar-refractivity contribution in [2.24, 2.45) is 5.92 Å². The summed E-state index contributed by atoms with van der Waals surface area (Å²) in [5.74, 6) is 0.394. The van der Waals surface area contributed by atoms with Crippen LogP contribution in [0.15, 0.2) is 36.7 Å². The maximum Gasteiger partial charge on any atom is 0.416 e. The molecule has 0 aliphatic carbocycles. The topological polar surface area (TPSA) is 66.9 Å². The standard InChI is InChI=1S/C16H17F3N4O/c1-10(2)8-20-14-7-13(21-9-22-14)15(24)23-12-5-3-11(4-6-12)16(17,18)19/h3-7,9-10H,8H2,1-2H3,(H,23,24)(H,20,21,22). The largest absolute Gasteiger partial charge is 0.416 e. The molecule has 0 radical (unpaired) electrons. The molecule has 0 saturated carbocycles. The molecule has 2 rings (SSSR count). The molecule has 0 fully saturated rings. The summed E-state index contributed by atoms with van der Waals surface area (Å²) in [7, 11) is 0. The number of benzene rings is 1. The number of amides is 1. The summed E-state index contributed by atoms with van der Waals surface area (Å²) in [5.41, 5.74) is -0.401. The van der Waals surface area contributed by atoms with E-state index in [0.717, 1.165) is 12.1 Å². The molecule has 1 heterocycles. The molecule has 0 unspecified atom stereocenters. The first kappa shape index (κ1) is 17.7. The maximum atomic E-state index is 12.5. The van der Waals surface area contributed by atoms with Gasteiger partial charge in [-0.1, -0.05) is 13.8 Å². The Bertz CT molecular complexity index is 699. The third-order valence-electron chi connectivity index (χ3n) is 3.06. The average Bonchev–Trinajstić information content (AvgIpc) is 2.53. The van der Waals surface area contributed by atoms with Gasteiger partial charge in [0.05, 0.1) is 5.56 Å². The Morgan fingerprint density at radius 2 is 1.83 bits per heavy atom. The highest BCUT2D eigenvalue weighted by atomic mass is 19.4. The molecule has 24 heavy (non-hydrogen) atoms. The highest BCUT2D eigenvalue weighted by molar-refractivity contribution is 6.03. The van der Waals surface area contributed by atoms with Gasteiger partial charge in [-0.2, -0.15) is 13.2 Å². The molecule has 1 aromatic heterocycles. The van der Waals surface area contributed by atoms with Crippen molar-refractivity contribution in [3.63, 3.8) is 0 Å². The fraction of sp³-hybridized carbons (Fsp3) is 0.312. The highest BCUT2D eigenvalue weighted by Crippen LogP contribution is 2.29. The summed E-state index contributed by atoms with van der Waals surface area (Å²) < 4.78 is 37.5. The Hall–Kier alpha value is -2.64. The van der Waals surface area contributed by atoms with Crippen LogP contribution < -0.4 is 10.6 Å². The molecule has 0 aliphatic rings. The third kappa shape index (κ3) is 4.94. The van der Waals surface area contributed by atoms with Crippen LogP contribution >= 0.6 is 0 Å². The van der Waals surface area contributed by atoms with Gasteiger partial charge < -0.3 is 10.6 Å². The van der Waals surface area contributed by atoms with Crippen molar-refractivity contribution in [3.05, 3.63) is 47.9 Å². The quantitative estimate of drug-likeness (QED) is 0.870. The second-order valence-corrected chi connectivity index (χ2v) is 5.59. The monoisotopic (exact) mass is 338 g/mol. The summed E-state index contributed by atoms with van der Waals surface area (Å²) in [6.45, 7) is 4.76. The third-order valence-corrected chi connectivity index (χ3v) is 3.06. The van der Waals surface area contributed by atoms with E-state index in [4.69, 9.17) is 0 Å². The van der Waals surface area contributed by atoms with Gasteiger partial charge in [-0.3, -0.25) is 4.79 Å². The van der Waals surface area contributed by atoms with Gasteiger partial charge in [0.2, 0.25) is 0 Å². The van der Waals surface area contributed by atoms with Gasteiger partial charge in [0.1, 0.15) is 17.8 Å². The number of carbonyl (C=O) groups excluding carboxylic acids is 1. The zero-order valence-corrected chi connectivity index (χ0v) is 13.2. The molecule has 128 valence electrons. The molecule has 0 aliphatic heterocycles. The van der Waals surface area contributed by atoms with Gasteiger partial charge in [-0.15, -0.1) is 0 Å². The van der Waals surface area contributed by atoms with Crippen molar-refractivity contribution in [3.8, 4) is 0 Å². The normalized spacial score (nSPS) is 11.4. The van der Waals surface area contributed by atoms with Crippen LogP contribution in [-0.4, -0.2) is 22.4 Å². The molecular weight excluding hydrogens is 321 g/mol. The van der Waals surface area contributed by atoms with Crippen LogP contribution in [0.4, 0.5) is 24.7 Å². The number of hydrogen-bond acceptors (Lipinski definition) is 4. The minimum absolute atomic E-state index is 0.121. The zero-order valence-electron chi connectivity index (χ0n) is 13.2. The van der Waals surface area contributed by atoms with Gasteiger partial charge in [-0.05, 0) is 30.2 Å². The summed E-state index contributed by atoms with van der Waals surface area (Å²) in [5, 5.41) is 5.58. The number of alkyl halides is 3. The van der Waals surface area contributed by atoms with Crippen LogP contribution in [0.5, 0.6) is 0 Å². The second kappa shape index (κ2) is 7.29. The van der Waals surface area contributed by atoms with Crippen LogP contribution in [0.2, 0.25) is 0 Å². The van der Waals surface area contributed by atoms with Gasteiger partial charge in [-0.25, -0.2) is 9.97 Å². The van der Waals surface area contributed by atoms with Crippen molar-refractivity contribution >= 4 is 17.4 Å². The molecule has 0 spiro atoms. The molecule has 1 amide bonds. The Labute approximate surface area is 137 Å². The van der Waals surface area contributed by atoms with Crippen molar-refractivity contribution in [2.75, 3.05) is 17.2 Å². The number of halogens is 3. The molecule has 1 aromatic carbocycles. The molecule has 2 N–H and O–H groups in total. The van der Waals surface area contributed by atoms with E-state index in [1.54, 1.807) is 0 Å². The lowest BCUT2D eigenvalue weighted by molar-refractivity contribution is -0.137. The fourth-order valence-electron chi connectivity index (χ4n) is 1.82. The first-order valence-electron chi connectivity index (χ1n) is 7.30.